The summed E-state index contributed by atoms with van der Waals surface area (Å²) < 4.78 is 7.62. The molecule has 0 fully saturated rings. The summed E-state index contributed by atoms with van der Waals surface area (Å²) in [6.45, 7) is 5.45. The predicted octanol–water partition coefficient (Wildman–Crippen LogP) is 2.89. The minimum Gasteiger partial charge on any atom is -0.491 e. The number of aromatic nitrogens is 2. The van der Waals surface area contributed by atoms with E-state index in [0.29, 0.717) is 6.54 Å². The number of amides is 1. The third kappa shape index (κ3) is 6.38. The molecule has 122 valence electrons. The lowest BCUT2D eigenvalue weighted by molar-refractivity contribution is -0.116. The summed E-state index contributed by atoms with van der Waals surface area (Å²) in [6, 6.07) is 7.69. The third-order valence-corrected chi connectivity index (χ3v) is 3.11. The van der Waals surface area contributed by atoms with Gasteiger partial charge in [0.15, 0.2) is 0 Å². The summed E-state index contributed by atoms with van der Waals surface area (Å²) in [6.07, 6.45) is 9.77. The number of hydrogen-bond donors (Lipinski definition) is 1. The van der Waals surface area contributed by atoms with Gasteiger partial charge in [-0.15, -0.1) is 0 Å². The van der Waals surface area contributed by atoms with E-state index < -0.39 is 0 Å². The van der Waals surface area contributed by atoms with Crippen molar-refractivity contribution in [2.24, 2.45) is 0 Å². The maximum atomic E-state index is 11.8. The molecule has 0 saturated heterocycles. The lowest BCUT2D eigenvalue weighted by Gasteiger charge is -2.09. The lowest BCUT2D eigenvalue weighted by Crippen LogP contribution is -2.22. The van der Waals surface area contributed by atoms with Gasteiger partial charge in [-0.3, -0.25) is 4.79 Å². The Balaban J connectivity index is 1.74. The number of hydrogen-bond acceptors (Lipinski definition) is 3. The van der Waals surface area contributed by atoms with Gasteiger partial charge in [-0.05, 0) is 44.0 Å². The predicted molar refractivity (Wildman–Crippen MR) is 91.1 cm³/mol. The summed E-state index contributed by atoms with van der Waals surface area (Å²) in [5.74, 6) is 0.716. The van der Waals surface area contributed by atoms with Crippen LogP contribution >= 0.6 is 0 Å². The van der Waals surface area contributed by atoms with Gasteiger partial charge in [0, 0.05) is 31.6 Å². The summed E-state index contributed by atoms with van der Waals surface area (Å²) in [5.41, 5.74) is 0.941. The molecule has 1 aromatic carbocycles. The third-order valence-electron chi connectivity index (χ3n) is 3.11. The Bertz CT molecular complexity index is 633. The van der Waals surface area contributed by atoms with E-state index in [2.05, 4.69) is 10.3 Å². The second-order valence-electron chi connectivity index (χ2n) is 5.52. The lowest BCUT2D eigenvalue weighted by atomic mass is 10.2. The number of nitrogens with one attached hydrogen (secondary N) is 1. The zero-order valence-electron chi connectivity index (χ0n) is 13.6. The number of carbonyl (C=O) groups is 1. The van der Waals surface area contributed by atoms with Crippen molar-refractivity contribution in [1.29, 1.82) is 0 Å². The Kier molecular flexibility index (Phi) is 6.41. The van der Waals surface area contributed by atoms with E-state index in [1.165, 1.54) is 0 Å². The molecule has 5 heteroatoms. The van der Waals surface area contributed by atoms with Crippen molar-refractivity contribution in [2.75, 3.05) is 6.54 Å². The standard InChI is InChI=1S/C18H23N3O2/c1-15(2)23-17-6-3-5-16(13-17)7-8-18(22)20-9-4-11-21-12-10-19-14-21/h3,5-8,10,12-15H,4,9,11H2,1-2H3,(H,20,22)/b8-7+. The fourth-order valence-corrected chi connectivity index (χ4v) is 2.09. The molecule has 1 heterocycles. The van der Waals surface area contributed by atoms with Gasteiger partial charge in [-0.25, -0.2) is 4.98 Å². The molecule has 0 aliphatic heterocycles. The maximum Gasteiger partial charge on any atom is 0.244 e. The van der Waals surface area contributed by atoms with Crippen molar-refractivity contribution in [3.05, 3.63) is 54.6 Å². The Hall–Kier alpha value is -2.56. The fourth-order valence-electron chi connectivity index (χ4n) is 2.09. The Morgan fingerprint density at radius 3 is 3.04 bits per heavy atom. The van der Waals surface area contributed by atoms with Crippen LogP contribution in [0.25, 0.3) is 6.08 Å². The van der Waals surface area contributed by atoms with Crippen LogP contribution in [-0.4, -0.2) is 28.1 Å². The van der Waals surface area contributed by atoms with Crippen molar-refractivity contribution in [3.8, 4) is 5.75 Å². The molecule has 0 unspecified atom stereocenters. The first-order valence-electron chi connectivity index (χ1n) is 7.82. The van der Waals surface area contributed by atoms with Crippen LogP contribution in [0.5, 0.6) is 5.75 Å². The highest BCUT2D eigenvalue weighted by molar-refractivity contribution is 5.91. The zero-order valence-corrected chi connectivity index (χ0v) is 13.6. The minimum atomic E-state index is -0.0918. The number of aryl methyl sites for hydroxylation is 1. The van der Waals surface area contributed by atoms with Crippen LogP contribution in [0.4, 0.5) is 0 Å². The van der Waals surface area contributed by atoms with E-state index in [1.807, 2.05) is 48.9 Å². The average molecular weight is 313 g/mol. The maximum absolute atomic E-state index is 11.8. The molecule has 5 nitrogen and oxygen atoms in total. The van der Waals surface area contributed by atoms with Crippen molar-refractivity contribution < 1.29 is 9.53 Å². The molecule has 0 aliphatic rings. The van der Waals surface area contributed by atoms with Crippen LogP contribution in [0.15, 0.2) is 49.1 Å². The Labute approximate surface area is 137 Å². The number of nitrogens with zero attached hydrogens (tertiary/aromatic N) is 2. The molecular formula is C18H23N3O2. The first-order chi connectivity index (χ1) is 11.1. The highest BCUT2D eigenvalue weighted by atomic mass is 16.5. The van der Waals surface area contributed by atoms with Crippen LogP contribution < -0.4 is 10.1 Å². The fraction of sp³-hybridized carbons (Fsp3) is 0.333. The number of imidazole rings is 1. The van der Waals surface area contributed by atoms with E-state index in [-0.39, 0.29) is 12.0 Å². The normalized spacial score (nSPS) is 11.1. The summed E-state index contributed by atoms with van der Waals surface area (Å²) in [4.78, 5) is 15.8. The minimum absolute atomic E-state index is 0.0918. The average Bonchev–Trinajstić information content (AvgIpc) is 3.03. The number of ether oxygens (including phenoxy) is 1. The van der Waals surface area contributed by atoms with Gasteiger partial charge in [0.2, 0.25) is 5.91 Å². The van der Waals surface area contributed by atoms with Gasteiger partial charge in [-0.2, -0.15) is 0 Å². The van der Waals surface area contributed by atoms with Gasteiger partial charge in [-0.1, -0.05) is 12.1 Å². The molecule has 1 N–H and O–H groups in total. The Morgan fingerprint density at radius 2 is 2.30 bits per heavy atom. The molecule has 0 atom stereocenters. The van der Waals surface area contributed by atoms with Crippen LogP contribution in [0.1, 0.15) is 25.8 Å². The van der Waals surface area contributed by atoms with E-state index >= 15 is 0 Å². The van der Waals surface area contributed by atoms with Crippen molar-refractivity contribution >= 4 is 12.0 Å². The van der Waals surface area contributed by atoms with Gasteiger partial charge in [0.25, 0.3) is 0 Å². The quantitative estimate of drug-likeness (QED) is 0.602. The molecule has 1 aromatic heterocycles. The SMILES string of the molecule is CC(C)Oc1cccc(/C=C/C(=O)NCCCn2ccnc2)c1. The van der Waals surface area contributed by atoms with Crippen LogP contribution in [0.2, 0.25) is 0 Å². The van der Waals surface area contributed by atoms with Crippen LogP contribution in [0.3, 0.4) is 0 Å². The summed E-state index contributed by atoms with van der Waals surface area (Å²) in [7, 11) is 0. The van der Waals surface area contributed by atoms with E-state index in [1.54, 1.807) is 24.7 Å². The van der Waals surface area contributed by atoms with Crippen molar-refractivity contribution in [3.63, 3.8) is 0 Å². The second kappa shape index (κ2) is 8.78. The van der Waals surface area contributed by atoms with E-state index in [4.69, 9.17) is 4.74 Å². The molecule has 0 saturated carbocycles. The summed E-state index contributed by atoms with van der Waals surface area (Å²) in [5, 5.41) is 2.87. The largest absolute Gasteiger partial charge is 0.491 e. The topological polar surface area (TPSA) is 56.1 Å². The summed E-state index contributed by atoms with van der Waals surface area (Å²) >= 11 is 0. The molecule has 0 aliphatic carbocycles. The Morgan fingerprint density at radius 1 is 1.43 bits per heavy atom. The molecule has 0 radical (unpaired) electrons. The zero-order chi connectivity index (χ0) is 16.5. The monoisotopic (exact) mass is 313 g/mol. The van der Waals surface area contributed by atoms with Crippen molar-refractivity contribution in [2.45, 2.75) is 32.9 Å². The molecule has 23 heavy (non-hydrogen) atoms. The highest BCUT2D eigenvalue weighted by Gasteiger charge is 1.99. The van der Waals surface area contributed by atoms with Gasteiger partial charge in [0.1, 0.15) is 5.75 Å². The molecule has 0 spiro atoms. The second-order valence-corrected chi connectivity index (χ2v) is 5.52. The first-order valence-corrected chi connectivity index (χ1v) is 7.82. The van der Waals surface area contributed by atoms with Gasteiger partial charge < -0.3 is 14.6 Å². The molecule has 2 rings (SSSR count). The number of rotatable bonds is 8. The molecule has 0 bridgehead atoms. The molecule has 2 aromatic rings. The van der Waals surface area contributed by atoms with Crippen LogP contribution in [0, 0.1) is 0 Å². The number of carbonyl (C=O) groups excluding carboxylic acids is 1. The van der Waals surface area contributed by atoms with Gasteiger partial charge >= 0.3 is 0 Å². The smallest absolute Gasteiger partial charge is 0.244 e. The van der Waals surface area contributed by atoms with Gasteiger partial charge in [0.05, 0.1) is 12.4 Å². The van der Waals surface area contributed by atoms with E-state index in [9.17, 15) is 4.79 Å². The number of benzene rings is 1. The molecular weight excluding hydrogens is 290 g/mol. The van der Waals surface area contributed by atoms with E-state index in [0.717, 1.165) is 24.3 Å². The molecule has 1 amide bonds. The highest BCUT2D eigenvalue weighted by Crippen LogP contribution is 2.15. The van der Waals surface area contributed by atoms with Crippen LogP contribution in [-0.2, 0) is 11.3 Å². The first kappa shape index (κ1) is 16.8. The van der Waals surface area contributed by atoms with Crippen molar-refractivity contribution in [1.82, 2.24) is 14.9 Å².